The fourth-order valence-corrected chi connectivity index (χ4v) is 3.38. The number of aromatic nitrogens is 2. The van der Waals surface area contributed by atoms with Gasteiger partial charge in [0.25, 0.3) is 0 Å². The Bertz CT molecular complexity index is 672. The van der Waals surface area contributed by atoms with Crippen LogP contribution in [-0.4, -0.2) is 39.8 Å². The van der Waals surface area contributed by atoms with E-state index in [9.17, 15) is 4.79 Å². The van der Waals surface area contributed by atoms with Crippen molar-refractivity contribution in [2.75, 3.05) is 13.1 Å². The third-order valence-electron chi connectivity index (χ3n) is 4.50. The molecule has 2 aromatic heterocycles. The van der Waals surface area contributed by atoms with Crippen molar-refractivity contribution in [1.29, 1.82) is 0 Å². The van der Waals surface area contributed by atoms with Gasteiger partial charge in [-0.25, -0.2) is 4.79 Å². The minimum atomic E-state index is -0.464. The second kappa shape index (κ2) is 7.25. The molecule has 1 fully saturated rings. The van der Waals surface area contributed by atoms with Gasteiger partial charge in [-0.1, -0.05) is 5.16 Å². The molecular formula is C19H25N3O3. The lowest BCUT2D eigenvalue weighted by Crippen LogP contribution is -2.42. The van der Waals surface area contributed by atoms with Gasteiger partial charge >= 0.3 is 6.09 Å². The Morgan fingerprint density at radius 2 is 1.92 bits per heavy atom. The fourth-order valence-electron chi connectivity index (χ4n) is 3.38. The van der Waals surface area contributed by atoms with Crippen molar-refractivity contribution in [3.05, 3.63) is 48.1 Å². The van der Waals surface area contributed by atoms with E-state index < -0.39 is 5.60 Å². The van der Waals surface area contributed by atoms with Crippen molar-refractivity contribution in [2.24, 2.45) is 5.92 Å². The van der Waals surface area contributed by atoms with Gasteiger partial charge in [0, 0.05) is 37.5 Å². The van der Waals surface area contributed by atoms with Crippen LogP contribution in [0.2, 0.25) is 0 Å². The predicted octanol–water partition coefficient (Wildman–Crippen LogP) is 3.85. The van der Waals surface area contributed by atoms with E-state index in [1.807, 2.05) is 39.0 Å². The fraction of sp³-hybridized carbons (Fsp3) is 0.526. The van der Waals surface area contributed by atoms with Crippen molar-refractivity contribution >= 4 is 6.09 Å². The van der Waals surface area contributed by atoms with Crippen molar-refractivity contribution in [2.45, 2.75) is 45.1 Å². The second-order valence-electron chi connectivity index (χ2n) is 7.49. The summed E-state index contributed by atoms with van der Waals surface area (Å²) in [7, 11) is 0. The van der Waals surface area contributed by atoms with Crippen LogP contribution in [0, 0.1) is 5.92 Å². The number of rotatable bonds is 3. The standard InChI is InChI=1S/C19H25N3O3/c1-19(2,3)25-18(23)22-11-6-15(7-12-22)17(16-8-13-24-21-16)14-4-9-20-10-5-14/h4-5,8-10,13,15,17H,6-7,11-12H2,1-3H3. The van der Waals surface area contributed by atoms with E-state index in [0.717, 1.165) is 18.5 Å². The maximum atomic E-state index is 12.3. The highest BCUT2D eigenvalue weighted by Crippen LogP contribution is 2.37. The lowest BCUT2D eigenvalue weighted by Gasteiger charge is -2.36. The highest BCUT2D eigenvalue weighted by molar-refractivity contribution is 5.68. The van der Waals surface area contributed by atoms with Crippen molar-refractivity contribution in [3.63, 3.8) is 0 Å². The summed E-state index contributed by atoms with van der Waals surface area (Å²) in [5, 5.41) is 4.17. The summed E-state index contributed by atoms with van der Waals surface area (Å²) in [6.07, 6.45) is 6.79. The van der Waals surface area contributed by atoms with Gasteiger partial charge in [0.15, 0.2) is 0 Å². The van der Waals surface area contributed by atoms with E-state index in [1.54, 1.807) is 23.6 Å². The van der Waals surface area contributed by atoms with Gasteiger partial charge < -0.3 is 14.2 Å². The van der Waals surface area contributed by atoms with Crippen LogP contribution in [0.3, 0.4) is 0 Å². The SMILES string of the molecule is CC(C)(C)OC(=O)N1CCC(C(c2ccncc2)c2ccon2)CC1. The molecule has 0 saturated carbocycles. The predicted molar refractivity (Wildman–Crippen MR) is 93.1 cm³/mol. The smallest absolute Gasteiger partial charge is 0.410 e. The van der Waals surface area contributed by atoms with Crippen LogP contribution in [-0.2, 0) is 4.74 Å². The van der Waals surface area contributed by atoms with E-state index in [1.165, 1.54) is 5.56 Å². The maximum absolute atomic E-state index is 12.3. The average Bonchev–Trinajstić information content (AvgIpc) is 3.09. The zero-order chi connectivity index (χ0) is 17.9. The Balaban J connectivity index is 1.70. The number of carbonyl (C=O) groups excluding carboxylic acids is 1. The molecule has 2 aromatic rings. The zero-order valence-corrected chi connectivity index (χ0v) is 15.0. The van der Waals surface area contributed by atoms with Crippen LogP contribution in [0.4, 0.5) is 4.79 Å². The Kier molecular flexibility index (Phi) is 5.06. The first-order chi connectivity index (χ1) is 11.9. The highest BCUT2D eigenvalue weighted by Gasteiger charge is 2.33. The van der Waals surface area contributed by atoms with Gasteiger partial charge in [-0.15, -0.1) is 0 Å². The lowest BCUT2D eigenvalue weighted by atomic mass is 9.78. The molecule has 1 atom stereocenters. The summed E-state index contributed by atoms with van der Waals surface area (Å²) in [4.78, 5) is 18.2. The largest absolute Gasteiger partial charge is 0.444 e. The average molecular weight is 343 g/mol. The molecule has 1 amide bonds. The molecule has 0 radical (unpaired) electrons. The van der Waals surface area contributed by atoms with Crippen LogP contribution in [0.1, 0.15) is 50.8 Å². The third-order valence-corrected chi connectivity index (χ3v) is 4.50. The van der Waals surface area contributed by atoms with Crippen molar-refractivity contribution in [1.82, 2.24) is 15.0 Å². The minimum Gasteiger partial charge on any atom is -0.444 e. The van der Waals surface area contributed by atoms with Crippen LogP contribution in [0.25, 0.3) is 0 Å². The number of hydrogen-bond acceptors (Lipinski definition) is 5. The van der Waals surface area contributed by atoms with Crippen molar-refractivity contribution < 1.29 is 14.1 Å². The number of ether oxygens (including phenoxy) is 1. The van der Waals surface area contributed by atoms with E-state index in [-0.39, 0.29) is 12.0 Å². The van der Waals surface area contributed by atoms with E-state index in [0.29, 0.717) is 19.0 Å². The number of piperidine rings is 1. The number of amides is 1. The minimum absolute atomic E-state index is 0.155. The summed E-state index contributed by atoms with van der Waals surface area (Å²) < 4.78 is 10.6. The molecule has 3 rings (SSSR count). The highest BCUT2D eigenvalue weighted by atomic mass is 16.6. The first-order valence-corrected chi connectivity index (χ1v) is 8.72. The number of likely N-dealkylation sites (tertiary alicyclic amines) is 1. The molecule has 1 unspecified atom stereocenters. The van der Waals surface area contributed by atoms with Crippen LogP contribution < -0.4 is 0 Å². The normalized spacial score (nSPS) is 17.3. The Morgan fingerprint density at radius 1 is 1.24 bits per heavy atom. The van der Waals surface area contributed by atoms with Gasteiger partial charge in [-0.05, 0) is 57.2 Å². The van der Waals surface area contributed by atoms with E-state index in [4.69, 9.17) is 9.26 Å². The van der Waals surface area contributed by atoms with Gasteiger partial charge in [-0.3, -0.25) is 4.98 Å². The molecule has 25 heavy (non-hydrogen) atoms. The third kappa shape index (κ3) is 4.38. The second-order valence-corrected chi connectivity index (χ2v) is 7.49. The molecule has 1 aliphatic rings. The molecule has 0 aliphatic carbocycles. The molecule has 0 aromatic carbocycles. The monoisotopic (exact) mass is 343 g/mol. The maximum Gasteiger partial charge on any atom is 0.410 e. The summed E-state index contributed by atoms with van der Waals surface area (Å²) >= 11 is 0. The number of hydrogen-bond donors (Lipinski definition) is 0. The van der Waals surface area contributed by atoms with Gasteiger partial charge in [0.2, 0.25) is 0 Å². The first kappa shape index (κ1) is 17.5. The molecule has 1 aliphatic heterocycles. The van der Waals surface area contributed by atoms with Crippen LogP contribution in [0.15, 0.2) is 41.4 Å². The van der Waals surface area contributed by atoms with Crippen LogP contribution in [0.5, 0.6) is 0 Å². The van der Waals surface area contributed by atoms with E-state index >= 15 is 0 Å². The van der Waals surface area contributed by atoms with E-state index in [2.05, 4.69) is 10.1 Å². The molecule has 0 bridgehead atoms. The lowest BCUT2D eigenvalue weighted by molar-refractivity contribution is 0.0178. The topological polar surface area (TPSA) is 68.5 Å². The molecule has 0 N–H and O–H groups in total. The Labute approximate surface area is 148 Å². The molecule has 6 heteroatoms. The molecule has 1 saturated heterocycles. The Morgan fingerprint density at radius 3 is 2.48 bits per heavy atom. The summed E-state index contributed by atoms with van der Waals surface area (Å²) in [5.74, 6) is 0.550. The molecule has 6 nitrogen and oxygen atoms in total. The Hall–Kier alpha value is -2.37. The van der Waals surface area contributed by atoms with Crippen molar-refractivity contribution in [3.8, 4) is 0 Å². The first-order valence-electron chi connectivity index (χ1n) is 8.72. The number of carbonyl (C=O) groups is 1. The van der Waals surface area contributed by atoms with Gasteiger partial charge in [0.05, 0.1) is 5.69 Å². The molecule has 0 spiro atoms. The summed E-state index contributed by atoms with van der Waals surface area (Å²) in [5.41, 5.74) is 1.65. The number of pyridine rings is 1. The zero-order valence-electron chi connectivity index (χ0n) is 15.0. The summed E-state index contributed by atoms with van der Waals surface area (Å²) in [6.45, 7) is 7.06. The van der Waals surface area contributed by atoms with Gasteiger partial charge in [-0.2, -0.15) is 0 Å². The molecule has 134 valence electrons. The van der Waals surface area contributed by atoms with Crippen LogP contribution >= 0.6 is 0 Å². The quantitative estimate of drug-likeness (QED) is 0.847. The molecule has 3 heterocycles. The molecular weight excluding hydrogens is 318 g/mol. The summed E-state index contributed by atoms with van der Waals surface area (Å²) in [6, 6.07) is 5.98. The van der Waals surface area contributed by atoms with Gasteiger partial charge in [0.1, 0.15) is 11.9 Å². The number of nitrogens with zero attached hydrogens (tertiary/aromatic N) is 3.